The molecule has 2 saturated carbocycles. The number of hydrogen-bond acceptors (Lipinski definition) is 7. The Morgan fingerprint density at radius 2 is 1.66 bits per heavy atom. The van der Waals surface area contributed by atoms with Gasteiger partial charge in [0, 0.05) is 30.3 Å². The van der Waals surface area contributed by atoms with Crippen molar-refractivity contribution in [2.24, 2.45) is 39.4 Å². The Bertz CT molecular complexity index is 1070. The van der Waals surface area contributed by atoms with Crippen LogP contribution in [0.15, 0.2) is 11.1 Å². The van der Waals surface area contributed by atoms with Gasteiger partial charge in [0.15, 0.2) is 5.78 Å². The molecule has 0 aromatic rings. The first-order valence-electron chi connectivity index (χ1n) is 14.0. The van der Waals surface area contributed by atoms with Gasteiger partial charge < -0.3 is 25.5 Å². The average molecular weight is 535 g/mol. The smallest absolute Gasteiger partial charge is 0.306 e. The standard InChI is InChI=1S/C30H46O8/c1-15(25(36)37)10-16(31)13-29(6,38)20-12-22(35)30(7)24-17(32)11-19-26(2,3)21(34)8-9-27(19,4)23(24)18(33)14-28(20,30)5/h15,17,19-22,32,34-35,38H,8-14H2,1-7H3,(H,36,37)/t15-,17-,19-,20-,21-,22-,27-,28+,29-,30-/m0/s1. The van der Waals surface area contributed by atoms with Crippen molar-refractivity contribution in [3.63, 3.8) is 0 Å². The van der Waals surface area contributed by atoms with Crippen LogP contribution in [0.3, 0.4) is 0 Å². The number of aliphatic hydroxyl groups excluding tert-OH is 3. The maximum Gasteiger partial charge on any atom is 0.306 e. The van der Waals surface area contributed by atoms with Crippen molar-refractivity contribution in [1.82, 2.24) is 0 Å². The topological polar surface area (TPSA) is 152 Å². The van der Waals surface area contributed by atoms with E-state index in [9.17, 15) is 39.9 Å². The normalized spacial score (nSPS) is 44.5. The molecule has 2 fully saturated rings. The molecule has 10 atom stereocenters. The molecule has 0 amide bonds. The van der Waals surface area contributed by atoms with Crippen LogP contribution in [0.5, 0.6) is 0 Å². The minimum absolute atomic E-state index is 0.0674. The fraction of sp³-hybridized carbons (Fsp3) is 0.833. The third-order valence-corrected chi connectivity index (χ3v) is 11.8. The monoisotopic (exact) mass is 534 g/mol. The lowest BCUT2D eigenvalue weighted by Gasteiger charge is -2.62. The van der Waals surface area contributed by atoms with Crippen molar-refractivity contribution in [1.29, 1.82) is 0 Å². The summed E-state index contributed by atoms with van der Waals surface area (Å²) in [6, 6.07) is 0. The SMILES string of the molecule is C[C@@H](CC(=O)C[C@](C)(O)[C@H]1C[C@H](O)[C@@]2(C)C3=C(C(=O)C[C@]12C)[C@@]1(C)CC[C@H](O)C(C)(C)[C@@H]1C[C@@H]3O)C(=O)O. The van der Waals surface area contributed by atoms with E-state index in [2.05, 4.69) is 6.92 Å². The Labute approximate surface area is 225 Å². The van der Waals surface area contributed by atoms with E-state index in [4.69, 9.17) is 0 Å². The van der Waals surface area contributed by atoms with Crippen molar-refractivity contribution in [2.75, 3.05) is 0 Å². The van der Waals surface area contributed by atoms with Gasteiger partial charge in [0.1, 0.15) is 5.78 Å². The number of carbonyl (C=O) groups excluding carboxylic acids is 2. The second-order valence-corrected chi connectivity index (χ2v) is 14.4. The highest BCUT2D eigenvalue weighted by Crippen LogP contribution is 2.72. The van der Waals surface area contributed by atoms with Crippen LogP contribution in [0.4, 0.5) is 0 Å². The molecule has 0 aromatic carbocycles. The molecule has 8 nitrogen and oxygen atoms in total. The number of hydrogen-bond donors (Lipinski definition) is 5. The number of allylic oxidation sites excluding steroid dienone is 1. The van der Waals surface area contributed by atoms with Gasteiger partial charge in [0.05, 0.1) is 29.8 Å². The maximum absolute atomic E-state index is 14.1. The zero-order chi connectivity index (χ0) is 28.8. The van der Waals surface area contributed by atoms with Gasteiger partial charge in [-0.1, -0.05) is 41.5 Å². The first kappa shape index (κ1) is 29.4. The number of carbonyl (C=O) groups is 3. The molecule has 0 bridgehead atoms. The highest BCUT2D eigenvalue weighted by atomic mass is 16.4. The third kappa shape index (κ3) is 3.88. The molecule has 8 heteroatoms. The summed E-state index contributed by atoms with van der Waals surface area (Å²) >= 11 is 0. The molecule has 0 unspecified atom stereocenters. The maximum atomic E-state index is 14.1. The number of Topliss-reactive ketones (excluding diaryl/α,β-unsaturated/α-hetero) is 2. The molecule has 0 aromatic heterocycles. The molecule has 38 heavy (non-hydrogen) atoms. The van der Waals surface area contributed by atoms with Crippen molar-refractivity contribution < 1.29 is 39.9 Å². The number of rotatable bonds is 6. The van der Waals surface area contributed by atoms with Gasteiger partial charge in [-0.15, -0.1) is 0 Å². The fourth-order valence-electron chi connectivity index (χ4n) is 9.43. The molecular weight excluding hydrogens is 488 g/mol. The molecular formula is C30H46O8. The summed E-state index contributed by atoms with van der Waals surface area (Å²) in [5.74, 6) is -3.17. The fourth-order valence-corrected chi connectivity index (χ4v) is 9.43. The molecule has 0 radical (unpaired) electrons. The Morgan fingerprint density at radius 3 is 2.24 bits per heavy atom. The lowest BCUT2D eigenvalue weighted by molar-refractivity contribution is -0.148. The van der Waals surface area contributed by atoms with Gasteiger partial charge in [0.2, 0.25) is 0 Å². The summed E-state index contributed by atoms with van der Waals surface area (Å²) in [6.07, 6.45) is -1.19. The molecule has 0 aliphatic heterocycles. The zero-order valence-electron chi connectivity index (χ0n) is 23.9. The lowest BCUT2D eigenvalue weighted by atomic mass is 9.42. The van der Waals surface area contributed by atoms with E-state index >= 15 is 0 Å². The van der Waals surface area contributed by atoms with Gasteiger partial charge >= 0.3 is 5.97 Å². The second kappa shape index (κ2) is 8.95. The molecule has 0 spiro atoms. The summed E-state index contributed by atoms with van der Waals surface area (Å²) < 4.78 is 0. The van der Waals surface area contributed by atoms with Crippen molar-refractivity contribution in [3.8, 4) is 0 Å². The lowest BCUT2D eigenvalue weighted by Crippen LogP contribution is -2.61. The molecule has 4 aliphatic rings. The Balaban J connectivity index is 1.78. The van der Waals surface area contributed by atoms with Gasteiger partial charge in [0.25, 0.3) is 0 Å². The van der Waals surface area contributed by atoms with Crippen LogP contribution in [0, 0.1) is 39.4 Å². The van der Waals surface area contributed by atoms with E-state index in [1.807, 2.05) is 27.7 Å². The number of aliphatic carboxylic acids is 1. The molecule has 4 rings (SSSR count). The largest absolute Gasteiger partial charge is 0.481 e. The summed E-state index contributed by atoms with van der Waals surface area (Å²) in [4.78, 5) is 38.1. The second-order valence-electron chi connectivity index (χ2n) is 14.4. The average Bonchev–Trinajstić information content (AvgIpc) is 2.99. The van der Waals surface area contributed by atoms with Crippen LogP contribution in [0.25, 0.3) is 0 Å². The van der Waals surface area contributed by atoms with Gasteiger partial charge in [-0.3, -0.25) is 14.4 Å². The van der Waals surface area contributed by atoms with E-state index in [1.54, 1.807) is 6.92 Å². The van der Waals surface area contributed by atoms with Crippen LogP contribution in [-0.4, -0.2) is 67.0 Å². The van der Waals surface area contributed by atoms with E-state index < -0.39 is 63.4 Å². The van der Waals surface area contributed by atoms with Crippen LogP contribution in [0.1, 0.15) is 93.4 Å². The predicted octanol–water partition coefficient (Wildman–Crippen LogP) is 3.04. The number of ketones is 2. The number of fused-ring (bicyclic) bond motifs is 4. The van der Waals surface area contributed by atoms with Crippen LogP contribution >= 0.6 is 0 Å². The summed E-state index contributed by atoms with van der Waals surface area (Å²) in [5, 5.41) is 54.9. The molecule has 4 aliphatic carbocycles. The molecule has 0 saturated heterocycles. The highest BCUT2D eigenvalue weighted by Gasteiger charge is 2.71. The number of aliphatic hydroxyl groups is 4. The van der Waals surface area contributed by atoms with E-state index in [0.717, 1.165) is 0 Å². The van der Waals surface area contributed by atoms with Crippen LogP contribution < -0.4 is 0 Å². The zero-order valence-corrected chi connectivity index (χ0v) is 23.9. The Kier molecular flexibility index (Phi) is 6.92. The number of carboxylic acid groups (broad SMARTS) is 1. The van der Waals surface area contributed by atoms with E-state index in [-0.39, 0.29) is 43.2 Å². The van der Waals surface area contributed by atoms with Crippen molar-refractivity contribution in [2.45, 2.75) is 117 Å². The first-order chi connectivity index (χ1) is 17.2. The molecule has 214 valence electrons. The van der Waals surface area contributed by atoms with E-state index in [1.165, 1.54) is 6.92 Å². The number of carboxylic acids is 1. The van der Waals surface area contributed by atoms with Gasteiger partial charge in [-0.25, -0.2) is 0 Å². The highest BCUT2D eigenvalue weighted by molar-refractivity contribution is 6.00. The quantitative estimate of drug-likeness (QED) is 0.349. The predicted molar refractivity (Wildman–Crippen MR) is 140 cm³/mol. The Hall–Kier alpha value is -1.61. The van der Waals surface area contributed by atoms with Crippen molar-refractivity contribution in [3.05, 3.63) is 11.1 Å². The van der Waals surface area contributed by atoms with Gasteiger partial charge in [-0.05, 0) is 66.3 Å². The summed E-state index contributed by atoms with van der Waals surface area (Å²) in [7, 11) is 0. The first-order valence-corrected chi connectivity index (χ1v) is 14.0. The van der Waals surface area contributed by atoms with Crippen LogP contribution in [-0.2, 0) is 14.4 Å². The van der Waals surface area contributed by atoms with E-state index in [0.29, 0.717) is 30.4 Å². The Morgan fingerprint density at radius 1 is 1.05 bits per heavy atom. The van der Waals surface area contributed by atoms with Gasteiger partial charge in [-0.2, -0.15) is 0 Å². The third-order valence-electron chi connectivity index (χ3n) is 11.8. The molecule has 5 N–H and O–H groups in total. The minimum Gasteiger partial charge on any atom is -0.481 e. The van der Waals surface area contributed by atoms with Crippen LogP contribution in [0.2, 0.25) is 0 Å². The van der Waals surface area contributed by atoms with Crippen molar-refractivity contribution >= 4 is 17.5 Å². The summed E-state index contributed by atoms with van der Waals surface area (Å²) in [6.45, 7) is 12.8. The minimum atomic E-state index is -1.58. The summed E-state index contributed by atoms with van der Waals surface area (Å²) in [5.41, 5.74) is -3.41. The molecule has 0 heterocycles.